The average Bonchev–Trinajstić information content (AvgIpc) is 3.09. The van der Waals surface area contributed by atoms with Crippen molar-refractivity contribution in [3.8, 4) is 0 Å². The van der Waals surface area contributed by atoms with Crippen LogP contribution in [0, 0.1) is 15.9 Å². The number of imidazole rings is 1. The fourth-order valence-corrected chi connectivity index (χ4v) is 4.55. The molecule has 0 N–H and O–H groups in total. The number of hydrogen-bond acceptors (Lipinski definition) is 6. The molecule has 3 aromatic rings. The van der Waals surface area contributed by atoms with Crippen LogP contribution in [0.15, 0.2) is 46.1 Å². The van der Waals surface area contributed by atoms with Crippen LogP contribution in [0.4, 0.5) is 15.8 Å². The summed E-state index contributed by atoms with van der Waals surface area (Å²) < 4.78 is 17.0. The van der Waals surface area contributed by atoms with Crippen LogP contribution in [-0.2, 0) is 18.9 Å². The Hall–Kier alpha value is -3.31. The topological polar surface area (TPSA) is 90.4 Å². The third-order valence-corrected chi connectivity index (χ3v) is 6.09. The van der Waals surface area contributed by atoms with Crippen LogP contribution in [-0.4, -0.2) is 24.3 Å². The number of hydrogen-bond donors (Lipinski definition) is 0. The van der Waals surface area contributed by atoms with Crippen LogP contribution in [0.25, 0.3) is 17.1 Å². The van der Waals surface area contributed by atoms with Crippen molar-refractivity contribution in [3.05, 3.63) is 73.3 Å². The Bertz CT molecular complexity index is 1360. The molecule has 30 heavy (non-hydrogen) atoms. The van der Waals surface area contributed by atoms with E-state index < -0.39 is 16.6 Å². The standard InChI is InChI=1S/C19H13FN4O4S2/c1-21-14-7-10(13(24(27)28)9-15(14)22(2)18(21)26)8-16-17(25)23(19(29)30-16)12-6-4-3-5-11(12)20/h3-9H,1-2H3/b16-8+. The van der Waals surface area contributed by atoms with Crippen LogP contribution in [0.1, 0.15) is 5.56 Å². The van der Waals surface area contributed by atoms with Gasteiger partial charge in [-0.25, -0.2) is 9.18 Å². The highest BCUT2D eigenvalue weighted by atomic mass is 32.2. The molecule has 8 nitrogen and oxygen atoms in total. The molecule has 0 spiro atoms. The van der Waals surface area contributed by atoms with Gasteiger partial charge >= 0.3 is 5.69 Å². The minimum absolute atomic E-state index is 0.0128. The maximum atomic E-state index is 14.2. The molecule has 0 bridgehead atoms. The van der Waals surface area contributed by atoms with Crippen molar-refractivity contribution >= 4 is 62.7 Å². The van der Waals surface area contributed by atoms with Crippen molar-refractivity contribution in [2.45, 2.75) is 0 Å². The molecule has 4 rings (SSSR count). The lowest BCUT2D eigenvalue weighted by Gasteiger charge is -2.14. The predicted octanol–water partition coefficient (Wildman–Crippen LogP) is 3.33. The molecule has 1 amide bonds. The zero-order valence-corrected chi connectivity index (χ0v) is 17.3. The summed E-state index contributed by atoms with van der Waals surface area (Å²) in [6.07, 6.45) is 1.34. The van der Waals surface area contributed by atoms with Gasteiger partial charge in [0.15, 0.2) is 4.32 Å². The third kappa shape index (κ3) is 3.02. The van der Waals surface area contributed by atoms with E-state index in [2.05, 4.69) is 0 Å². The lowest BCUT2D eigenvalue weighted by molar-refractivity contribution is -0.385. The lowest BCUT2D eigenvalue weighted by atomic mass is 10.1. The zero-order chi connectivity index (χ0) is 21.7. The fourth-order valence-electron chi connectivity index (χ4n) is 3.27. The van der Waals surface area contributed by atoms with Crippen molar-refractivity contribution < 1.29 is 14.1 Å². The van der Waals surface area contributed by atoms with E-state index in [4.69, 9.17) is 12.2 Å². The average molecular weight is 444 g/mol. The minimum atomic E-state index is -0.610. The molecule has 0 saturated carbocycles. The second kappa shape index (κ2) is 7.18. The minimum Gasteiger partial charge on any atom is -0.295 e. The molecule has 152 valence electrons. The summed E-state index contributed by atoms with van der Waals surface area (Å²) in [6, 6.07) is 8.48. The number of para-hydroxylation sites is 1. The Balaban J connectivity index is 1.86. The van der Waals surface area contributed by atoms with E-state index in [1.54, 1.807) is 13.1 Å². The van der Waals surface area contributed by atoms with Gasteiger partial charge in [-0.1, -0.05) is 36.1 Å². The molecule has 2 heterocycles. The van der Waals surface area contributed by atoms with E-state index in [-0.39, 0.29) is 31.9 Å². The van der Waals surface area contributed by atoms with Crippen molar-refractivity contribution in [1.29, 1.82) is 0 Å². The highest BCUT2D eigenvalue weighted by Gasteiger charge is 2.35. The summed E-state index contributed by atoms with van der Waals surface area (Å²) >= 11 is 6.16. The Morgan fingerprint density at radius 3 is 2.40 bits per heavy atom. The number of nitro benzene ring substituents is 1. The number of thioether (sulfide) groups is 1. The number of aryl methyl sites for hydroxylation is 2. The van der Waals surface area contributed by atoms with Gasteiger partial charge in [0.2, 0.25) is 0 Å². The monoisotopic (exact) mass is 444 g/mol. The van der Waals surface area contributed by atoms with Gasteiger partial charge in [0, 0.05) is 20.2 Å². The second-order valence-corrected chi connectivity index (χ2v) is 8.20. The molecule has 0 aliphatic carbocycles. The summed E-state index contributed by atoms with van der Waals surface area (Å²) in [4.78, 5) is 37.3. The first-order valence-corrected chi connectivity index (χ1v) is 9.79. The number of fused-ring (bicyclic) bond motifs is 1. The number of benzene rings is 2. The molecule has 1 saturated heterocycles. The van der Waals surface area contributed by atoms with E-state index in [0.29, 0.717) is 11.0 Å². The molecule has 1 aromatic heterocycles. The van der Waals surface area contributed by atoms with Gasteiger partial charge < -0.3 is 0 Å². The molecule has 1 aliphatic heterocycles. The number of anilines is 1. The van der Waals surface area contributed by atoms with Gasteiger partial charge in [-0.05, 0) is 24.3 Å². The molecule has 2 aromatic carbocycles. The van der Waals surface area contributed by atoms with Crippen molar-refractivity contribution in [1.82, 2.24) is 9.13 Å². The second-order valence-electron chi connectivity index (χ2n) is 6.53. The first-order valence-electron chi connectivity index (χ1n) is 8.57. The largest absolute Gasteiger partial charge is 0.328 e. The Labute approximate surface area is 178 Å². The Morgan fingerprint density at radius 2 is 1.77 bits per heavy atom. The summed E-state index contributed by atoms with van der Waals surface area (Å²) in [5, 5.41) is 11.6. The number of nitrogens with zero attached hydrogens (tertiary/aromatic N) is 4. The summed E-state index contributed by atoms with van der Waals surface area (Å²) in [6.45, 7) is 0. The maximum Gasteiger partial charge on any atom is 0.328 e. The van der Waals surface area contributed by atoms with E-state index in [1.165, 1.54) is 52.6 Å². The number of amides is 1. The summed E-state index contributed by atoms with van der Waals surface area (Å²) in [7, 11) is 3.07. The number of nitro groups is 1. The van der Waals surface area contributed by atoms with Gasteiger partial charge in [-0.2, -0.15) is 0 Å². The van der Waals surface area contributed by atoms with Crippen LogP contribution in [0.3, 0.4) is 0 Å². The van der Waals surface area contributed by atoms with Crippen LogP contribution >= 0.6 is 24.0 Å². The Kier molecular flexibility index (Phi) is 4.79. The molecule has 0 radical (unpaired) electrons. The van der Waals surface area contributed by atoms with E-state index >= 15 is 0 Å². The van der Waals surface area contributed by atoms with Crippen LogP contribution in [0.5, 0.6) is 0 Å². The fraction of sp³-hybridized carbons (Fsp3) is 0.105. The van der Waals surface area contributed by atoms with Gasteiger partial charge in [0.25, 0.3) is 11.6 Å². The lowest BCUT2D eigenvalue weighted by Crippen LogP contribution is -2.28. The molecule has 11 heteroatoms. The number of aromatic nitrogens is 2. The summed E-state index contributed by atoms with van der Waals surface area (Å²) in [5.41, 5.74) is 0.429. The van der Waals surface area contributed by atoms with Gasteiger partial charge in [-0.15, -0.1) is 0 Å². The molecule has 0 unspecified atom stereocenters. The highest BCUT2D eigenvalue weighted by molar-refractivity contribution is 8.27. The number of halogens is 1. The normalized spacial score (nSPS) is 15.6. The van der Waals surface area contributed by atoms with E-state index in [9.17, 15) is 24.1 Å². The Morgan fingerprint density at radius 1 is 1.13 bits per heavy atom. The number of carbonyl (C=O) groups excluding carboxylic acids is 1. The van der Waals surface area contributed by atoms with E-state index in [0.717, 1.165) is 16.7 Å². The summed E-state index contributed by atoms with van der Waals surface area (Å²) in [5.74, 6) is -1.19. The zero-order valence-electron chi connectivity index (χ0n) is 15.7. The quantitative estimate of drug-likeness (QED) is 0.266. The molecule has 0 atom stereocenters. The van der Waals surface area contributed by atoms with Crippen molar-refractivity contribution in [3.63, 3.8) is 0 Å². The van der Waals surface area contributed by atoms with Gasteiger partial charge in [-0.3, -0.25) is 28.9 Å². The SMILES string of the molecule is Cn1c(=O)n(C)c2cc([N+](=O)[O-])c(/C=C3/SC(=S)N(c4ccccc4F)C3=O)cc21. The molecular formula is C19H13FN4O4S2. The molecule has 1 aliphatic rings. The first kappa shape index (κ1) is 20.0. The first-order chi connectivity index (χ1) is 14.2. The number of thiocarbonyl (C=S) groups is 1. The smallest absolute Gasteiger partial charge is 0.295 e. The maximum absolute atomic E-state index is 14.2. The molecular weight excluding hydrogens is 431 g/mol. The van der Waals surface area contributed by atoms with Crippen molar-refractivity contribution in [2.75, 3.05) is 4.90 Å². The number of carbonyl (C=O) groups is 1. The molecule has 1 fully saturated rings. The van der Waals surface area contributed by atoms with Crippen LogP contribution in [0.2, 0.25) is 0 Å². The van der Waals surface area contributed by atoms with Gasteiger partial charge in [0.05, 0.1) is 32.1 Å². The third-order valence-electron chi connectivity index (χ3n) is 4.79. The van der Waals surface area contributed by atoms with E-state index in [1.807, 2.05) is 0 Å². The predicted molar refractivity (Wildman–Crippen MR) is 117 cm³/mol. The number of rotatable bonds is 3. The van der Waals surface area contributed by atoms with Crippen LogP contribution < -0.4 is 10.6 Å². The van der Waals surface area contributed by atoms with Gasteiger partial charge in [0.1, 0.15) is 5.82 Å². The highest BCUT2D eigenvalue weighted by Crippen LogP contribution is 2.38. The van der Waals surface area contributed by atoms with Crippen molar-refractivity contribution in [2.24, 2.45) is 14.1 Å².